The summed E-state index contributed by atoms with van der Waals surface area (Å²) < 4.78 is 3.33. The summed E-state index contributed by atoms with van der Waals surface area (Å²) in [5.41, 5.74) is 4.83. The molecule has 0 fully saturated rings. The minimum Gasteiger partial charge on any atom is -0.343 e. The summed E-state index contributed by atoms with van der Waals surface area (Å²) >= 11 is 0. The van der Waals surface area contributed by atoms with Crippen LogP contribution in [0.3, 0.4) is 0 Å². The van der Waals surface area contributed by atoms with Crippen LogP contribution in [0.2, 0.25) is 0 Å². The Bertz CT molecular complexity index is 1540. The monoisotopic (exact) mass is 588 g/mol. The Hall–Kier alpha value is -4.32. The summed E-state index contributed by atoms with van der Waals surface area (Å²) in [6.07, 6.45) is 13.3. The Labute approximate surface area is 234 Å². The summed E-state index contributed by atoms with van der Waals surface area (Å²) in [5.74, 6) is 1.37. The Balaban J connectivity index is 0.00000294. The average molecular weight is 589 g/mol. The third-order valence-electron chi connectivity index (χ3n) is 6.20. The fourth-order valence-corrected chi connectivity index (χ4v) is 4.05. The fraction of sp³-hybridized carbons (Fsp3) is 0.103. The molecule has 38 heavy (non-hydrogen) atoms. The first-order valence-corrected chi connectivity index (χ1v) is 11.8. The molecule has 6 rings (SSSR count). The standard InChI is InChI=1S/C29H22N8.Pd/c1-29(2,25-5-3-7-27(32-25)36-19-13-23(34-36)21-9-15-30-16-10-21)26-6-4-8-28(33-26)37-20-14-24(35-37)22-11-17-31-18-12-22;/h3-18H,1-2H3;/q-2;+2. The number of rotatable bonds is 6. The quantitative estimate of drug-likeness (QED) is 0.203. The first-order valence-electron chi connectivity index (χ1n) is 11.8. The summed E-state index contributed by atoms with van der Waals surface area (Å²) in [7, 11) is 0. The molecule has 0 radical (unpaired) electrons. The van der Waals surface area contributed by atoms with Gasteiger partial charge in [0, 0.05) is 41.6 Å². The third kappa shape index (κ3) is 4.94. The Morgan fingerprint density at radius 1 is 0.605 bits per heavy atom. The number of nitrogens with zero attached hydrogens (tertiary/aromatic N) is 8. The zero-order valence-electron chi connectivity index (χ0n) is 20.6. The van der Waals surface area contributed by atoms with Crippen molar-refractivity contribution in [3.8, 4) is 34.2 Å². The molecule has 0 aliphatic heterocycles. The van der Waals surface area contributed by atoms with Gasteiger partial charge in [-0.05, 0) is 61.6 Å². The molecule has 0 saturated carbocycles. The predicted molar refractivity (Wildman–Crippen MR) is 139 cm³/mol. The van der Waals surface area contributed by atoms with Gasteiger partial charge in [0.05, 0.1) is 11.6 Å². The van der Waals surface area contributed by atoms with Gasteiger partial charge < -0.3 is 9.36 Å². The van der Waals surface area contributed by atoms with Crippen molar-refractivity contribution < 1.29 is 20.4 Å². The molecule has 8 nitrogen and oxygen atoms in total. The maximum absolute atomic E-state index is 4.92. The van der Waals surface area contributed by atoms with Crippen LogP contribution >= 0.6 is 0 Å². The molecule has 0 aromatic carbocycles. The molecule has 0 amide bonds. The van der Waals surface area contributed by atoms with E-state index in [9.17, 15) is 0 Å². The second-order valence-electron chi connectivity index (χ2n) is 9.00. The van der Waals surface area contributed by atoms with Crippen LogP contribution in [0, 0.1) is 12.4 Å². The molecule has 0 spiro atoms. The molecular weight excluding hydrogens is 567 g/mol. The van der Waals surface area contributed by atoms with E-state index in [0.717, 1.165) is 33.9 Å². The largest absolute Gasteiger partial charge is 2.00 e. The molecule has 0 atom stereocenters. The van der Waals surface area contributed by atoms with Crippen molar-refractivity contribution in [2.24, 2.45) is 0 Å². The van der Waals surface area contributed by atoms with Gasteiger partial charge in [0.1, 0.15) is 0 Å². The van der Waals surface area contributed by atoms with Crippen LogP contribution in [-0.4, -0.2) is 39.5 Å². The fourth-order valence-electron chi connectivity index (χ4n) is 4.05. The van der Waals surface area contributed by atoms with Crippen molar-refractivity contribution in [3.63, 3.8) is 0 Å². The molecule has 6 aromatic heterocycles. The zero-order chi connectivity index (χ0) is 25.2. The normalized spacial score (nSPS) is 11.2. The van der Waals surface area contributed by atoms with Crippen molar-refractivity contribution in [1.82, 2.24) is 39.5 Å². The van der Waals surface area contributed by atoms with Gasteiger partial charge in [0.15, 0.2) is 0 Å². The first kappa shape index (κ1) is 25.3. The number of aromatic nitrogens is 8. The van der Waals surface area contributed by atoms with E-state index in [0.29, 0.717) is 11.6 Å². The van der Waals surface area contributed by atoms with Crippen LogP contribution in [0.15, 0.2) is 97.6 Å². The summed E-state index contributed by atoms with van der Waals surface area (Å²) in [6.45, 7) is 4.21. The molecule has 6 heterocycles. The van der Waals surface area contributed by atoms with Crippen molar-refractivity contribution in [1.29, 1.82) is 0 Å². The average Bonchev–Trinajstić information content (AvgIpc) is 3.65. The van der Waals surface area contributed by atoms with Crippen LogP contribution < -0.4 is 0 Å². The third-order valence-corrected chi connectivity index (χ3v) is 6.20. The zero-order valence-corrected chi connectivity index (χ0v) is 22.2. The number of pyridine rings is 4. The van der Waals surface area contributed by atoms with Gasteiger partial charge in [-0.3, -0.25) is 30.1 Å². The molecule has 0 saturated heterocycles. The van der Waals surface area contributed by atoms with Crippen molar-refractivity contribution in [2.75, 3.05) is 0 Å². The topological polar surface area (TPSA) is 87.2 Å². The van der Waals surface area contributed by atoms with E-state index in [1.54, 1.807) is 34.2 Å². The van der Waals surface area contributed by atoms with Gasteiger partial charge >= 0.3 is 20.4 Å². The molecule has 6 aromatic rings. The SMILES string of the molecule is CC(C)(c1cccc(-n2[c-]cc(-c3ccncc3)n2)n1)c1cccc(-n2[c-]cc(-c3ccncc3)n2)n1.[Pd+2]. The van der Waals surface area contributed by atoms with Gasteiger partial charge in [-0.25, -0.2) is 0 Å². The van der Waals surface area contributed by atoms with Crippen LogP contribution in [-0.2, 0) is 25.8 Å². The van der Waals surface area contributed by atoms with E-state index in [1.807, 2.05) is 72.8 Å². The molecule has 0 unspecified atom stereocenters. The van der Waals surface area contributed by atoms with Crippen molar-refractivity contribution >= 4 is 0 Å². The van der Waals surface area contributed by atoms with Gasteiger partial charge in [0.25, 0.3) is 0 Å². The van der Waals surface area contributed by atoms with Crippen molar-refractivity contribution in [2.45, 2.75) is 19.3 Å². The minimum atomic E-state index is -0.478. The molecule has 0 N–H and O–H groups in total. The molecule has 188 valence electrons. The molecular formula is C29H22N8Pd. The van der Waals surface area contributed by atoms with Crippen LogP contribution in [0.5, 0.6) is 0 Å². The van der Waals surface area contributed by atoms with Crippen LogP contribution in [0.1, 0.15) is 25.2 Å². The predicted octanol–water partition coefficient (Wildman–Crippen LogP) is 4.90. The van der Waals surface area contributed by atoms with E-state index >= 15 is 0 Å². The van der Waals surface area contributed by atoms with Gasteiger partial charge in [-0.2, -0.15) is 0 Å². The van der Waals surface area contributed by atoms with E-state index in [-0.39, 0.29) is 20.4 Å². The van der Waals surface area contributed by atoms with E-state index in [2.05, 4.69) is 46.4 Å². The van der Waals surface area contributed by atoms with Crippen LogP contribution in [0.4, 0.5) is 0 Å². The minimum absolute atomic E-state index is 0. The summed E-state index contributed by atoms with van der Waals surface area (Å²) in [4.78, 5) is 18.0. The Kier molecular flexibility index (Phi) is 7.05. The molecule has 0 aliphatic carbocycles. The van der Waals surface area contributed by atoms with E-state index in [4.69, 9.17) is 9.97 Å². The summed E-state index contributed by atoms with van der Waals surface area (Å²) in [6, 6.07) is 23.2. The van der Waals surface area contributed by atoms with E-state index < -0.39 is 5.41 Å². The molecule has 0 bridgehead atoms. The maximum atomic E-state index is 4.92. The first-order chi connectivity index (χ1) is 18.1. The Morgan fingerprint density at radius 3 is 1.45 bits per heavy atom. The molecule has 0 aliphatic rings. The smallest absolute Gasteiger partial charge is 0.343 e. The maximum Gasteiger partial charge on any atom is 2.00 e. The number of hydrogen-bond acceptors (Lipinski definition) is 6. The van der Waals surface area contributed by atoms with Crippen LogP contribution in [0.25, 0.3) is 34.2 Å². The van der Waals surface area contributed by atoms with Gasteiger partial charge in [-0.1, -0.05) is 47.8 Å². The second-order valence-corrected chi connectivity index (χ2v) is 9.00. The Morgan fingerprint density at radius 2 is 1.03 bits per heavy atom. The number of hydrogen-bond donors (Lipinski definition) is 0. The van der Waals surface area contributed by atoms with Gasteiger partial charge in [0.2, 0.25) is 0 Å². The second kappa shape index (κ2) is 10.6. The van der Waals surface area contributed by atoms with Crippen molar-refractivity contribution in [3.05, 3.63) is 121 Å². The molecule has 9 heteroatoms. The van der Waals surface area contributed by atoms with E-state index in [1.165, 1.54) is 0 Å². The summed E-state index contributed by atoms with van der Waals surface area (Å²) in [5, 5.41) is 9.33. The van der Waals surface area contributed by atoms with Gasteiger partial charge in [-0.15, -0.1) is 12.1 Å².